The van der Waals surface area contributed by atoms with E-state index in [2.05, 4.69) is 0 Å². The summed E-state index contributed by atoms with van der Waals surface area (Å²) in [7, 11) is 1.51. The molecular weight excluding hydrogens is 410 g/mol. The van der Waals surface area contributed by atoms with Gasteiger partial charge in [-0.2, -0.15) is 0 Å². The highest BCUT2D eigenvalue weighted by atomic mass is 16.5. The highest BCUT2D eigenvalue weighted by Crippen LogP contribution is 2.56. The third-order valence-corrected chi connectivity index (χ3v) is 7.01. The monoisotopic (exact) mass is 433 g/mol. The molecule has 32 heavy (non-hydrogen) atoms. The lowest BCUT2D eigenvalue weighted by Crippen LogP contribution is -2.32. The highest BCUT2D eigenvalue weighted by molar-refractivity contribution is 6.22. The maximum atomic E-state index is 12.9. The van der Waals surface area contributed by atoms with Gasteiger partial charge >= 0.3 is 5.97 Å². The molecule has 2 amide bonds. The van der Waals surface area contributed by atoms with E-state index < -0.39 is 12.6 Å². The van der Waals surface area contributed by atoms with Crippen LogP contribution < -0.4 is 9.64 Å². The lowest BCUT2D eigenvalue weighted by atomic mass is 9.81. The van der Waals surface area contributed by atoms with Gasteiger partial charge in [0.15, 0.2) is 12.4 Å². The fraction of sp³-hybridized carbons (Fsp3) is 0.360. The van der Waals surface area contributed by atoms with E-state index in [4.69, 9.17) is 9.47 Å². The minimum Gasteiger partial charge on any atom is -0.497 e. The molecule has 0 radical (unpaired) electrons. The van der Waals surface area contributed by atoms with Crippen molar-refractivity contribution in [1.29, 1.82) is 0 Å². The van der Waals surface area contributed by atoms with Gasteiger partial charge in [-0.05, 0) is 67.5 Å². The molecule has 3 aliphatic rings. The van der Waals surface area contributed by atoms with Gasteiger partial charge in [-0.3, -0.25) is 19.3 Å². The molecule has 3 fully saturated rings. The predicted octanol–water partition coefficient (Wildman–Crippen LogP) is 3.27. The number of nitrogens with zero attached hydrogens (tertiary/aromatic N) is 1. The van der Waals surface area contributed by atoms with Crippen LogP contribution in [0.3, 0.4) is 0 Å². The Hall–Kier alpha value is -3.48. The molecule has 0 N–H and O–H groups in total. The first-order chi connectivity index (χ1) is 15.5. The Morgan fingerprint density at radius 2 is 1.59 bits per heavy atom. The summed E-state index contributed by atoms with van der Waals surface area (Å²) in [5.74, 6) is -0.420. The number of amides is 2. The van der Waals surface area contributed by atoms with Crippen molar-refractivity contribution in [2.45, 2.75) is 19.3 Å². The fourth-order valence-electron chi connectivity index (χ4n) is 5.50. The number of anilines is 1. The SMILES string of the molecule is COc1cccc(C(=O)COC(=O)c2ccc(N3C(=O)[C@@H]4[C@H]5CC[C@@H](C5)[C@H]4C3=O)cc2)c1. The Labute approximate surface area is 185 Å². The summed E-state index contributed by atoms with van der Waals surface area (Å²) in [6.45, 7) is -0.400. The van der Waals surface area contributed by atoms with Crippen molar-refractivity contribution in [1.82, 2.24) is 0 Å². The first-order valence-corrected chi connectivity index (χ1v) is 10.8. The van der Waals surface area contributed by atoms with E-state index in [0.29, 0.717) is 28.8 Å². The van der Waals surface area contributed by atoms with Gasteiger partial charge < -0.3 is 9.47 Å². The van der Waals surface area contributed by atoms with Crippen LogP contribution in [0.4, 0.5) is 5.69 Å². The Bertz CT molecular complexity index is 1080. The van der Waals surface area contributed by atoms with Gasteiger partial charge in [0.2, 0.25) is 11.8 Å². The normalized spacial score (nSPS) is 25.7. The summed E-state index contributed by atoms with van der Waals surface area (Å²) in [4.78, 5) is 51.8. The second kappa shape index (κ2) is 7.89. The van der Waals surface area contributed by atoms with Gasteiger partial charge in [-0.25, -0.2) is 4.79 Å². The third-order valence-electron chi connectivity index (χ3n) is 7.01. The lowest BCUT2D eigenvalue weighted by molar-refractivity contribution is -0.123. The second-order valence-corrected chi connectivity index (χ2v) is 8.67. The molecule has 2 aromatic rings. The minimum atomic E-state index is -0.651. The molecule has 0 aromatic heterocycles. The standard InChI is InChI=1S/C25H23NO6/c1-31-19-4-2-3-15(12-19)20(27)13-32-25(30)14-7-9-18(10-8-14)26-23(28)21-16-5-6-17(11-16)22(21)24(26)29/h2-4,7-10,12,16-17,21-22H,5-6,11,13H2,1H3/t16-,17-,21+,22+/m0/s1. The van der Waals surface area contributed by atoms with Gasteiger partial charge in [0.25, 0.3) is 0 Å². The summed E-state index contributed by atoms with van der Waals surface area (Å²) in [6, 6.07) is 12.8. The quantitative estimate of drug-likeness (QED) is 0.395. The number of hydrogen-bond acceptors (Lipinski definition) is 6. The average molecular weight is 433 g/mol. The third kappa shape index (κ3) is 3.28. The Morgan fingerprint density at radius 1 is 0.938 bits per heavy atom. The minimum absolute atomic E-state index is 0.119. The first kappa shape index (κ1) is 20.4. The molecule has 1 aliphatic heterocycles. The van der Waals surface area contributed by atoms with Gasteiger partial charge in [-0.1, -0.05) is 12.1 Å². The Morgan fingerprint density at radius 3 is 2.22 bits per heavy atom. The molecule has 1 heterocycles. The Balaban J connectivity index is 1.24. The fourth-order valence-corrected chi connectivity index (χ4v) is 5.50. The summed E-state index contributed by atoms with van der Waals surface area (Å²) < 4.78 is 10.2. The zero-order chi connectivity index (χ0) is 22.4. The average Bonchev–Trinajstić information content (AvgIpc) is 3.51. The number of hydrogen-bond donors (Lipinski definition) is 0. The lowest BCUT2D eigenvalue weighted by Gasteiger charge is -2.19. The van der Waals surface area contributed by atoms with Crippen molar-refractivity contribution in [3.63, 3.8) is 0 Å². The number of esters is 1. The van der Waals surface area contributed by atoms with Gasteiger partial charge in [0, 0.05) is 5.56 Å². The van der Waals surface area contributed by atoms with E-state index in [1.54, 1.807) is 36.4 Å². The van der Waals surface area contributed by atoms with Crippen LogP contribution in [0, 0.1) is 23.7 Å². The molecule has 0 unspecified atom stereocenters. The number of carbonyl (C=O) groups is 4. The molecule has 2 aromatic carbocycles. The van der Waals surface area contributed by atoms with Crippen LogP contribution in [0.2, 0.25) is 0 Å². The van der Waals surface area contributed by atoms with E-state index in [1.807, 2.05) is 0 Å². The number of ketones is 1. The number of methoxy groups -OCH3 is 1. The molecule has 2 aliphatic carbocycles. The van der Waals surface area contributed by atoms with Crippen LogP contribution in [0.1, 0.15) is 40.0 Å². The summed E-state index contributed by atoms with van der Waals surface area (Å²) in [5, 5.41) is 0. The van der Waals surface area contributed by atoms with Crippen LogP contribution in [0.25, 0.3) is 0 Å². The number of ether oxygens (including phenoxy) is 2. The van der Waals surface area contributed by atoms with Crippen molar-refractivity contribution in [2.24, 2.45) is 23.7 Å². The Kier molecular flexibility index (Phi) is 5.04. The zero-order valence-electron chi connectivity index (χ0n) is 17.7. The molecule has 7 nitrogen and oxygen atoms in total. The van der Waals surface area contributed by atoms with E-state index in [9.17, 15) is 19.2 Å². The molecule has 7 heteroatoms. The molecular formula is C25H23NO6. The number of fused-ring (bicyclic) bond motifs is 5. The smallest absolute Gasteiger partial charge is 0.338 e. The molecule has 164 valence electrons. The zero-order valence-corrected chi connectivity index (χ0v) is 17.7. The predicted molar refractivity (Wildman–Crippen MR) is 114 cm³/mol. The number of imide groups is 1. The van der Waals surface area contributed by atoms with E-state index >= 15 is 0 Å². The van der Waals surface area contributed by atoms with Gasteiger partial charge in [0.05, 0.1) is 30.2 Å². The topological polar surface area (TPSA) is 90.0 Å². The summed E-state index contributed by atoms with van der Waals surface area (Å²) in [6.07, 6.45) is 3.04. The molecule has 0 spiro atoms. The van der Waals surface area contributed by atoms with Crippen LogP contribution in [-0.2, 0) is 14.3 Å². The van der Waals surface area contributed by atoms with Crippen molar-refractivity contribution in [2.75, 3.05) is 18.6 Å². The van der Waals surface area contributed by atoms with Crippen molar-refractivity contribution < 1.29 is 28.7 Å². The van der Waals surface area contributed by atoms with Crippen LogP contribution in [0.15, 0.2) is 48.5 Å². The number of rotatable bonds is 6. The second-order valence-electron chi connectivity index (χ2n) is 8.67. The molecule has 4 atom stereocenters. The van der Waals surface area contributed by atoms with E-state index in [0.717, 1.165) is 19.3 Å². The van der Waals surface area contributed by atoms with Crippen molar-refractivity contribution >= 4 is 29.3 Å². The largest absolute Gasteiger partial charge is 0.497 e. The van der Waals surface area contributed by atoms with Crippen molar-refractivity contribution in [3.8, 4) is 5.75 Å². The first-order valence-electron chi connectivity index (χ1n) is 10.8. The maximum Gasteiger partial charge on any atom is 0.338 e. The van der Waals surface area contributed by atoms with Crippen LogP contribution in [0.5, 0.6) is 5.75 Å². The summed E-state index contributed by atoms with van der Waals surface area (Å²) >= 11 is 0. The van der Waals surface area contributed by atoms with Gasteiger partial charge in [0.1, 0.15) is 5.75 Å². The number of Topliss-reactive ketones (excluding diaryl/α,β-unsaturated/α-hetero) is 1. The van der Waals surface area contributed by atoms with Gasteiger partial charge in [-0.15, -0.1) is 0 Å². The molecule has 5 rings (SSSR count). The van der Waals surface area contributed by atoms with E-state index in [-0.39, 0.29) is 35.0 Å². The van der Waals surface area contributed by atoms with E-state index in [1.165, 1.54) is 24.1 Å². The van der Waals surface area contributed by atoms with Crippen LogP contribution >= 0.6 is 0 Å². The number of benzene rings is 2. The van der Waals surface area contributed by atoms with Crippen molar-refractivity contribution in [3.05, 3.63) is 59.7 Å². The maximum absolute atomic E-state index is 12.9. The highest BCUT2D eigenvalue weighted by Gasteiger charge is 2.61. The summed E-state index contributed by atoms with van der Waals surface area (Å²) in [5.41, 5.74) is 1.10. The molecule has 1 saturated heterocycles. The molecule has 2 bridgehead atoms. The van der Waals surface area contributed by atoms with Crippen LogP contribution in [-0.4, -0.2) is 37.3 Å². The molecule has 2 saturated carbocycles. The number of carbonyl (C=O) groups excluding carboxylic acids is 4.